The van der Waals surface area contributed by atoms with E-state index in [-0.39, 0.29) is 24.2 Å². The number of hydrogen-bond acceptors (Lipinski definition) is 5. The lowest BCUT2D eigenvalue weighted by atomic mass is 9.79. The van der Waals surface area contributed by atoms with Gasteiger partial charge in [0.2, 0.25) is 0 Å². The molecular formula is C14H18F5N3O4S. The number of rotatable bonds is 6. The summed E-state index contributed by atoms with van der Waals surface area (Å²) in [4.78, 5) is 22.1. The Bertz CT molecular complexity index is 755. The van der Waals surface area contributed by atoms with Crippen molar-refractivity contribution in [3.05, 3.63) is 29.8 Å². The van der Waals surface area contributed by atoms with Crippen LogP contribution in [0.4, 0.5) is 19.4 Å². The molecule has 13 heteroatoms. The van der Waals surface area contributed by atoms with Gasteiger partial charge in [0.05, 0.1) is 0 Å². The van der Waals surface area contributed by atoms with E-state index in [1.165, 1.54) is 12.6 Å². The second-order valence-corrected chi connectivity index (χ2v) is 8.55. The van der Waals surface area contributed by atoms with Crippen LogP contribution in [0.3, 0.4) is 0 Å². The Hall–Kier alpha value is -1.96. The Balaban J connectivity index is 2.28. The molecule has 7 nitrogen and oxygen atoms in total. The number of nitrogens with one attached hydrogen (secondary N) is 3. The molecule has 1 aliphatic heterocycles. The van der Waals surface area contributed by atoms with Crippen LogP contribution in [0, 0.1) is 0 Å². The first kappa shape index (κ1) is 21.3. The van der Waals surface area contributed by atoms with E-state index in [4.69, 9.17) is 9.94 Å². The SMILES string of the molecule is CO[C@@]1([C@H](NC(=O)c2ccc(S(F)(F)(F)(F)F)cc2)C(=O)NO)CN[C@@H]1C. The lowest BCUT2D eigenvalue weighted by molar-refractivity contribution is -0.152. The number of benzene rings is 1. The molecule has 1 aliphatic rings. The van der Waals surface area contributed by atoms with E-state index in [0.29, 0.717) is 12.1 Å². The van der Waals surface area contributed by atoms with E-state index >= 15 is 0 Å². The molecule has 0 radical (unpaired) electrons. The van der Waals surface area contributed by atoms with Crippen LogP contribution in [0.15, 0.2) is 29.2 Å². The molecule has 2 amide bonds. The highest BCUT2D eigenvalue weighted by molar-refractivity contribution is 8.45. The zero-order valence-corrected chi connectivity index (χ0v) is 15.0. The summed E-state index contributed by atoms with van der Waals surface area (Å²) in [5.74, 6) is -2.02. The van der Waals surface area contributed by atoms with Gasteiger partial charge < -0.3 is 15.4 Å². The van der Waals surface area contributed by atoms with E-state index in [1.54, 1.807) is 6.92 Å². The summed E-state index contributed by atoms with van der Waals surface area (Å²) >= 11 is 0. The number of hydrogen-bond donors (Lipinski definition) is 4. The standard InChI is InChI=1S/C14H18F5N3O4S/c1-8-14(26-2,7-20-8)11(13(24)22-25)21-12(23)9-3-5-10(6-4-9)27(15,16,17,18)19/h3-6,8,11,20,25H,7H2,1-2H3,(H,21,23)(H,22,24)/t8-,11-,14+/m1/s1. The molecule has 0 saturated carbocycles. The van der Waals surface area contributed by atoms with Crippen LogP contribution in [-0.4, -0.2) is 48.4 Å². The van der Waals surface area contributed by atoms with Gasteiger partial charge in [-0.05, 0) is 31.2 Å². The van der Waals surface area contributed by atoms with Crippen LogP contribution in [0.1, 0.15) is 17.3 Å². The molecule has 4 N–H and O–H groups in total. The van der Waals surface area contributed by atoms with E-state index < -0.39 is 44.6 Å². The van der Waals surface area contributed by atoms with Gasteiger partial charge in [-0.1, -0.05) is 19.4 Å². The van der Waals surface area contributed by atoms with Gasteiger partial charge in [-0.3, -0.25) is 14.8 Å². The van der Waals surface area contributed by atoms with Crippen LogP contribution in [0.25, 0.3) is 0 Å². The molecule has 0 aromatic heterocycles. The van der Waals surface area contributed by atoms with Gasteiger partial charge >= 0.3 is 10.2 Å². The molecule has 1 fully saturated rings. The first-order valence-electron chi connectivity index (χ1n) is 7.52. The average Bonchev–Trinajstić information content (AvgIpc) is 2.57. The molecule has 27 heavy (non-hydrogen) atoms. The largest absolute Gasteiger partial charge is 0.373 e. The van der Waals surface area contributed by atoms with E-state index in [1.807, 2.05) is 0 Å². The Labute approximate surface area is 150 Å². The first-order valence-corrected chi connectivity index (χ1v) is 9.47. The Kier molecular flexibility index (Phi) is 4.76. The molecule has 0 unspecified atom stereocenters. The Morgan fingerprint density at radius 1 is 1.26 bits per heavy atom. The lowest BCUT2D eigenvalue weighted by Gasteiger charge is -2.51. The van der Waals surface area contributed by atoms with E-state index in [2.05, 4.69) is 10.6 Å². The molecule has 0 aliphatic carbocycles. The number of carbonyl (C=O) groups excluding carboxylic acids is 2. The summed E-state index contributed by atoms with van der Waals surface area (Å²) in [5, 5.41) is 14.1. The molecule has 1 aromatic carbocycles. The summed E-state index contributed by atoms with van der Waals surface area (Å²) in [5.41, 5.74) is -0.218. The van der Waals surface area contributed by atoms with Gasteiger partial charge in [0.25, 0.3) is 11.8 Å². The summed E-state index contributed by atoms with van der Waals surface area (Å²) < 4.78 is 69.0. The zero-order chi connectivity index (χ0) is 20.7. The maximum atomic E-state index is 12.7. The average molecular weight is 419 g/mol. The third-order valence-electron chi connectivity index (χ3n) is 4.50. The zero-order valence-electron chi connectivity index (χ0n) is 14.1. The lowest BCUT2D eigenvalue weighted by Crippen LogP contribution is -2.78. The molecule has 0 spiro atoms. The number of hydroxylamine groups is 1. The third-order valence-corrected chi connectivity index (χ3v) is 5.66. The van der Waals surface area contributed by atoms with Crippen LogP contribution in [0.5, 0.6) is 0 Å². The van der Waals surface area contributed by atoms with Crippen molar-refractivity contribution < 1.29 is 39.0 Å². The highest BCUT2D eigenvalue weighted by Crippen LogP contribution is 3.02. The number of ether oxygens (including phenoxy) is 1. The van der Waals surface area contributed by atoms with Crippen molar-refractivity contribution >= 4 is 22.0 Å². The fourth-order valence-corrected chi connectivity index (χ4v) is 3.43. The Morgan fingerprint density at radius 2 is 1.81 bits per heavy atom. The Morgan fingerprint density at radius 3 is 2.15 bits per heavy atom. The van der Waals surface area contributed by atoms with Crippen LogP contribution in [-0.2, 0) is 9.53 Å². The van der Waals surface area contributed by atoms with Crippen LogP contribution in [0.2, 0.25) is 0 Å². The van der Waals surface area contributed by atoms with Gasteiger partial charge in [0.15, 0.2) is 0 Å². The minimum absolute atomic E-state index is 0.0945. The summed E-state index contributed by atoms with van der Waals surface area (Å²) in [7, 11) is -8.57. The smallest absolute Gasteiger partial charge is 0.310 e. The second kappa shape index (κ2) is 6.02. The minimum Gasteiger partial charge on any atom is -0.373 e. The highest BCUT2D eigenvalue weighted by Gasteiger charge is 2.65. The number of amides is 2. The molecule has 0 bridgehead atoms. The highest BCUT2D eigenvalue weighted by atomic mass is 32.5. The van der Waals surface area contributed by atoms with Gasteiger partial charge in [0, 0.05) is 25.3 Å². The molecule has 1 heterocycles. The van der Waals surface area contributed by atoms with Crippen molar-refractivity contribution in [3.8, 4) is 0 Å². The number of halogens is 5. The quantitative estimate of drug-likeness (QED) is 0.322. The maximum absolute atomic E-state index is 12.7. The fraction of sp³-hybridized carbons (Fsp3) is 0.429. The summed E-state index contributed by atoms with van der Waals surface area (Å²) in [6.45, 7) is 1.80. The van der Waals surface area contributed by atoms with Gasteiger partial charge in [-0.25, -0.2) is 5.48 Å². The maximum Gasteiger partial charge on any atom is 0.310 e. The number of methoxy groups -OCH3 is 1. The number of carbonyl (C=O) groups is 2. The molecule has 1 saturated heterocycles. The van der Waals surface area contributed by atoms with Gasteiger partial charge in [-0.15, -0.1) is 0 Å². The van der Waals surface area contributed by atoms with Crippen molar-refractivity contribution in [1.82, 2.24) is 16.1 Å². The van der Waals surface area contributed by atoms with Crippen molar-refractivity contribution in [2.45, 2.75) is 29.5 Å². The normalized spacial score (nSPS) is 26.1. The van der Waals surface area contributed by atoms with Crippen molar-refractivity contribution in [2.24, 2.45) is 0 Å². The summed E-state index contributed by atoms with van der Waals surface area (Å²) in [6.07, 6.45) is 0. The molecule has 2 rings (SSSR count). The fourth-order valence-electron chi connectivity index (χ4n) is 2.78. The van der Waals surface area contributed by atoms with Crippen molar-refractivity contribution in [1.29, 1.82) is 0 Å². The van der Waals surface area contributed by atoms with E-state index in [0.717, 1.165) is 0 Å². The first-order chi connectivity index (χ1) is 12.1. The van der Waals surface area contributed by atoms with Crippen molar-refractivity contribution in [3.63, 3.8) is 0 Å². The predicted octanol–water partition coefficient (Wildman–Crippen LogP) is 2.32. The van der Waals surface area contributed by atoms with Crippen LogP contribution >= 0.6 is 10.2 Å². The monoisotopic (exact) mass is 419 g/mol. The van der Waals surface area contributed by atoms with Gasteiger partial charge in [-0.2, -0.15) is 0 Å². The summed E-state index contributed by atoms with van der Waals surface area (Å²) in [6, 6.07) is -0.474. The second-order valence-electron chi connectivity index (χ2n) is 6.14. The molecule has 154 valence electrons. The topological polar surface area (TPSA) is 99.7 Å². The van der Waals surface area contributed by atoms with E-state index in [9.17, 15) is 29.0 Å². The minimum atomic E-state index is -9.85. The van der Waals surface area contributed by atoms with Gasteiger partial charge in [0.1, 0.15) is 16.5 Å². The molecular weight excluding hydrogens is 401 g/mol. The predicted molar refractivity (Wildman–Crippen MR) is 86.2 cm³/mol. The third kappa shape index (κ3) is 4.15. The molecule has 3 atom stereocenters. The van der Waals surface area contributed by atoms with Crippen molar-refractivity contribution in [2.75, 3.05) is 13.7 Å². The van der Waals surface area contributed by atoms with Crippen LogP contribution < -0.4 is 16.1 Å². The molecule has 1 aromatic rings.